The highest BCUT2D eigenvalue weighted by molar-refractivity contribution is 9.10. The normalized spacial score (nSPS) is 12.5. The zero-order chi connectivity index (χ0) is 14.0. The van der Waals surface area contributed by atoms with E-state index in [4.69, 9.17) is 28.9 Å². The van der Waals surface area contributed by atoms with Crippen molar-refractivity contribution in [2.75, 3.05) is 0 Å². The summed E-state index contributed by atoms with van der Waals surface area (Å²) < 4.78 is 1.02. The number of nitrogens with two attached hydrogens (primary N) is 1. The largest absolute Gasteiger partial charge is 0.324 e. The SMILES string of the molecule is Cc1ccc(Br)c(C(N)Cc2cccc(Cl)c2Cl)c1. The van der Waals surface area contributed by atoms with Crippen LogP contribution in [-0.2, 0) is 6.42 Å². The molecule has 0 aliphatic heterocycles. The van der Waals surface area contributed by atoms with Crippen LogP contribution in [0.1, 0.15) is 22.7 Å². The molecule has 0 fully saturated rings. The third kappa shape index (κ3) is 3.51. The first kappa shape index (κ1) is 14.9. The lowest BCUT2D eigenvalue weighted by atomic mass is 9.98. The topological polar surface area (TPSA) is 26.0 Å². The van der Waals surface area contributed by atoms with Gasteiger partial charge in [-0.05, 0) is 36.6 Å². The van der Waals surface area contributed by atoms with Crippen LogP contribution in [0.5, 0.6) is 0 Å². The summed E-state index contributed by atoms with van der Waals surface area (Å²) >= 11 is 15.8. The van der Waals surface area contributed by atoms with Crippen molar-refractivity contribution < 1.29 is 0 Å². The molecule has 100 valence electrons. The van der Waals surface area contributed by atoms with E-state index < -0.39 is 0 Å². The number of rotatable bonds is 3. The van der Waals surface area contributed by atoms with Gasteiger partial charge in [-0.15, -0.1) is 0 Å². The minimum absolute atomic E-state index is 0.120. The fourth-order valence-corrected chi connectivity index (χ4v) is 2.94. The predicted octanol–water partition coefficient (Wildman–Crippen LogP) is 5.31. The molecule has 0 radical (unpaired) electrons. The highest BCUT2D eigenvalue weighted by Crippen LogP contribution is 2.30. The van der Waals surface area contributed by atoms with Gasteiger partial charge in [-0.3, -0.25) is 0 Å². The molecule has 4 heteroatoms. The minimum atomic E-state index is -0.120. The first-order valence-electron chi connectivity index (χ1n) is 5.93. The van der Waals surface area contributed by atoms with Crippen LogP contribution in [0.25, 0.3) is 0 Å². The van der Waals surface area contributed by atoms with Gasteiger partial charge in [0.15, 0.2) is 0 Å². The standard InChI is InChI=1S/C15H14BrCl2N/c1-9-5-6-12(16)11(7-9)14(19)8-10-3-2-4-13(17)15(10)18/h2-7,14H,8,19H2,1H3. The Morgan fingerprint density at radius 3 is 2.68 bits per heavy atom. The molecule has 2 N–H and O–H groups in total. The molecule has 2 aromatic carbocycles. The van der Waals surface area contributed by atoms with Crippen LogP contribution >= 0.6 is 39.1 Å². The smallest absolute Gasteiger partial charge is 0.0624 e. The number of hydrogen-bond acceptors (Lipinski definition) is 1. The summed E-state index contributed by atoms with van der Waals surface area (Å²) in [6.07, 6.45) is 0.654. The maximum atomic E-state index is 6.28. The number of hydrogen-bond donors (Lipinski definition) is 1. The average molecular weight is 359 g/mol. The monoisotopic (exact) mass is 357 g/mol. The van der Waals surface area contributed by atoms with Gasteiger partial charge in [-0.2, -0.15) is 0 Å². The van der Waals surface area contributed by atoms with Crippen molar-refractivity contribution in [1.82, 2.24) is 0 Å². The van der Waals surface area contributed by atoms with Crippen LogP contribution < -0.4 is 5.73 Å². The van der Waals surface area contributed by atoms with E-state index in [1.54, 1.807) is 6.07 Å². The highest BCUT2D eigenvalue weighted by atomic mass is 79.9. The molecule has 0 aliphatic rings. The van der Waals surface area contributed by atoms with E-state index in [9.17, 15) is 0 Å². The zero-order valence-electron chi connectivity index (χ0n) is 10.5. The molecule has 0 spiro atoms. The molecule has 2 rings (SSSR count). The molecular formula is C15H14BrCl2N. The Morgan fingerprint density at radius 1 is 1.21 bits per heavy atom. The van der Waals surface area contributed by atoms with Crippen LogP contribution in [0.4, 0.5) is 0 Å². The fraction of sp³-hybridized carbons (Fsp3) is 0.200. The summed E-state index contributed by atoms with van der Waals surface area (Å²) in [5, 5.41) is 1.15. The fourth-order valence-electron chi connectivity index (χ4n) is 2.00. The van der Waals surface area contributed by atoms with Gasteiger partial charge in [0.25, 0.3) is 0 Å². The van der Waals surface area contributed by atoms with Crippen LogP contribution in [-0.4, -0.2) is 0 Å². The summed E-state index contributed by atoms with van der Waals surface area (Å²) in [5.41, 5.74) is 9.52. The summed E-state index contributed by atoms with van der Waals surface area (Å²) in [5.74, 6) is 0. The van der Waals surface area contributed by atoms with E-state index in [1.807, 2.05) is 24.3 Å². The summed E-state index contributed by atoms with van der Waals surface area (Å²) in [6, 6.07) is 11.7. The predicted molar refractivity (Wildman–Crippen MR) is 86.0 cm³/mol. The summed E-state index contributed by atoms with van der Waals surface area (Å²) in [7, 11) is 0. The van der Waals surface area contributed by atoms with Gasteiger partial charge in [-0.25, -0.2) is 0 Å². The lowest BCUT2D eigenvalue weighted by Crippen LogP contribution is -2.14. The Balaban J connectivity index is 2.28. The van der Waals surface area contributed by atoms with Crippen molar-refractivity contribution in [3.8, 4) is 0 Å². The Bertz CT molecular complexity index is 599. The molecule has 1 atom stereocenters. The van der Waals surface area contributed by atoms with E-state index in [0.29, 0.717) is 16.5 Å². The van der Waals surface area contributed by atoms with Crippen molar-refractivity contribution in [1.29, 1.82) is 0 Å². The maximum Gasteiger partial charge on any atom is 0.0624 e. The number of aryl methyl sites for hydroxylation is 1. The molecular weight excluding hydrogens is 345 g/mol. The lowest BCUT2D eigenvalue weighted by molar-refractivity contribution is 0.718. The van der Waals surface area contributed by atoms with E-state index in [0.717, 1.165) is 15.6 Å². The molecule has 0 heterocycles. The Morgan fingerprint density at radius 2 is 1.95 bits per heavy atom. The third-order valence-corrected chi connectivity index (χ3v) is 4.60. The van der Waals surface area contributed by atoms with Crippen LogP contribution in [0, 0.1) is 6.92 Å². The van der Waals surface area contributed by atoms with E-state index in [2.05, 4.69) is 28.9 Å². The zero-order valence-corrected chi connectivity index (χ0v) is 13.6. The van der Waals surface area contributed by atoms with Crippen molar-refractivity contribution in [3.63, 3.8) is 0 Å². The molecule has 0 aliphatic carbocycles. The van der Waals surface area contributed by atoms with Crippen molar-refractivity contribution in [2.45, 2.75) is 19.4 Å². The molecule has 2 aromatic rings. The quantitative estimate of drug-likeness (QED) is 0.790. The molecule has 0 aromatic heterocycles. The van der Waals surface area contributed by atoms with E-state index in [1.165, 1.54) is 5.56 Å². The van der Waals surface area contributed by atoms with Crippen molar-refractivity contribution >= 4 is 39.1 Å². The molecule has 1 nitrogen and oxygen atoms in total. The van der Waals surface area contributed by atoms with Gasteiger partial charge in [0.2, 0.25) is 0 Å². The molecule has 0 amide bonds. The van der Waals surface area contributed by atoms with Crippen molar-refractivity contribution in [2.24, 2.45) is 5.73 Å². The second-order valence-corrected chi connectivity index (χ2v) is 6.19. The van der Waals surface area contributed by atoms with Crippen molar-refractivity contribution in [3.05, 3.63) is 67.6 Å². The van der Waals surface area contributed by atoms with Gasteiger partial charge >= 0.3 is 0 Å². The van der Waals surface area contributed by atoms with Gasteiger partial charge in [-0.1, -0.05) is 69.0 Å². The second kappa shape index (κ2) is 6.27. The van der Waals surface area contributed by atoms with E-state index >= 15 is 0 Å². The Hall–Kier alpha value is -0.540. The summed E-state index contributed by atoms with van der Waals surface area (Å²) in [6.45, 7) is 2.05. The third-order valence-electron chi connectivity index (χ3n) is 3.02. The summed E-state index contributed by atoms with van der Waals surface area (Å²) in [4.78, 5) is 0. The maximum absolute atomic E-state index is 6.28. The lowest BCUT2D eigenvalue weighted by Gasteiger charge is -2.16. The Kier molecular flexibility index (Phi) is 4.91. The molecule has 19 heavy (non-hydrogen) atoms. The number of benzene rings is 2. The second-order valence-electron chi connectivity index (χ2n) is 4.55. The van der Waals surface area contributed by atoms with Crippen LogP contribution in [0.2, 0.25) is 10.0 Å². The van der Waals surface area contributed by atoms with Gasteiger partial charge in [0.05, 0.1) is 10.0 Å². The van der Waals surface area contributed by atoms with Crippen LogP contribution in [0.15, 0.2) is 40.9 Å². The first-order chi connectivity index (χ1) is 8.99. The van der Waals surface area contributed by atoms with Gasteiger partial charge in [0, 0.05) is 10.5 Å². The number of halogens is 3. The minimum Gasteiger partial charge on any atom is -0.324 e. The van der Waals surface area contributed by atoms with E-state index in [-0.39, 0.29) is 6.04 Å². The molecule has 1 unspecified atom stereocenters. The molecule has 0 bridgehead atoms. The Labute approximate surface area is 131 Å². The van der Waals surface area contributed by atoms with Crippen LogP contribution in [0.3, 0.4) is 0 Å². The van der Waals surface area contributed by atoms with Gasteiger partial charge < -0.3 is 5.73 Å². The molecule has 0 saturated heterocycles. The average Bonchev–Trinajstić information content (AvgIpc) is 2.38. The highest BCUT2D eigenvalue weighted by Gasteiger charge is 2.13. The molecule has 0 saturated carbocycles. The van der Waals surface area contributed by atoms with Gasteiger partial charge in [0.1, 0.15) is 0 Å². The first-order valence-corrected chi connectivity index (χ1v) is 7.48.